The van der Waals surface area contributed by atoms with Crippen molar-refractivity contribution in [3.05, 3.63) is 64.2 Å². The first-order chi connectivity index (χ1) is 14.0. The lowest BCUT2D eigenvalue weighted by atomic mass is 10.1. The van der Waals surface area contributed by atoms with E-state index in [4.69, 9.17) is 16.3 Å². The van der Waals surface area contributed by atoms with Gasteiger partial charge in [-0.15, -0.1) is 0 Å². The molecule has 0 bridgehead atoms. The lowest BCUT2D eigenvalue weighted by Crippen LogP contribution is -2.53. The zero-order valence-electron chi connectivity index (χ0n) is 18.6. The number of amides is 2. The van der Waals surface area contributed by atoms with Gasteiger partial charge in [0.15, 0.2) is 6.61 Å². The van der Waals surface area contributed by atoms with Crippen molar-refractivity contribution in [1.29, 1.82) is 0 Å². The Bertz CT molecular complexity index is 906. The van der Waals surface area contributed by atoms with Crippen LogP contribution in [0.5, 0.6) is 5.75 Å². The molecule has 0 aliphatic heterocycles. The number of nitrogens with one attached hydrogen (secondary N) is 1. The smallest absolute Gasteiger partial charge is 0.261 e. The van der Waals surface area contributed by atoms with Crippen LogP contribution in [0.1, 0.15) is 44.4 Å². The van der Waals surface area contributed by atoms with Crippen LogP contribution in [-0.2, 0) is 16.1 Å². The second kappa shape index (κ2) is 9.98. The maximum Gasteiger partial charge on any atom is 0.261 e. The first kappa shape index (κ1) is 23.7. The summed E-state index contributed by atoms with van der Waals surface area (Å²) in [4.78, 5) is 27.4. The number of benzene rings is 2. The maximum atomic E-state index is 13.1. The minimum Gasteiger partial charge on any atom is -0.484 e. The molecule has 1 N–H and O–H groups in total. The summed E-state index contributed by atoms with van der Waals surface area (Å²) < 4.78 is 5.70. The van der Waals surface area contributed by atoms with Gasteiger partial charge in [0.2, 0.25) is 5.91 Å². The Morgan fingerprint density at radius 3 is 2.37 bits per heavy atom. The first-order valence-corrected chi connectivity index (χ1v) is 10.4. The topological polar surface area (TPSA) is 58.6 Å². The lowest BCUT2D eigenvalue weighted by molar-refractivity contribution is -0.142. The molecule has 2 aromatic rings. The van der Waals surface area contributed by atoms with Gasteiger partial charge in [0.25, 0.3) is 5.91 Å². The van der Waals surface area contributed by atoms with Crippen LogP contribution < -0.4 is 10.1 Å². The van der Waals surface area contributed by atoms with E-state index in [1.165, 1.54) is 0 Å². The summed E-state index contributed by atoms with van der Waals surface area (Å²) in [5.74, 6) is 0.0991. The standard InChI is InChI=1S/C24H31ClN2O3/c1-16-9-7-8-10-19(16)14-27(18(3)23(29)26-24(4,5)6)22(28)15-30-20-11-12-21(25)17(2)13-20/h7-13,18H,14-15H2,1-6H3,(H,26,29). The minimum absolute atomic E-state index is 0.167. The molecule has 0 heterocycles. The summed E-state index contributed by atoms with van der Waals surface area (Å²) in [6.45, 7) is 11.5. The number of nitrogens with zero attached hydrogens (tertiary/aromatic N) is 1. The molecule has 6 heteroatoms. The highest BCUT2D eigenvalue weighted by Crippen LogP contribution is 2.21. The predicted molar refractivity (Wildman–Crippen MR) is 121 cm³/mol. The number of hydrogen-bond acceptors (Lipinski definition) is 3. The van der Waals surface area contributed by atoms with E-state index in [-0.39, 0.29) is 24.0 Å². The highest BCUT2D eigenvalue weighted by molar-refractivity contribution is 6.31. The molecule has 0 aliphatic carbocycles. The average molecular weight is 431 g/mol. The zero-order chi connectivity index (χ0) is 22.5. The van der Waals surface area contributed by atoms with Crippen molar-refractivity contribution >= 4 is 23.4 Å². The van der Waals surface area contributed by atoms with Crippen molar-refractivity contribution in [2.24, 2.45) is 0 Å². The van der Waals surface area contributed by atoms with E-state index in [9.17, 15) is 9.59 Å². The van der Waals surface area contributed by atoms with Gasteiger partial charge < -0.3 is 15.0 Å². The molecule has 30 heavy (non-hydrogen) atoms. The fourth-order valence-corrected chi connectivity index (χ4v) is 3.08. The SMILES string of the molecule is Cc1cc(OCC(=O)N(Cc2ccccc2C)C(C)C(=O)NC(C)(C)C)ccc1Cl. The van der Waals surface area contributed by atoms with Crippen molar-refractivity contribution in [2.75, 3.05) is 6.61 Å². The van der Waals surface area contributed by atoms with E-state index in [1.54, 1.807) is 30.0 Å². The molecule has 0 saturated heterocycles. The molecule has 162 valence electrons. The molecule has 0 saturated carbocycles. The first-order valence-electron chi connectivity index (χ1n) is 10.0. The zero-order valence-corrected chi connectivity index (χ0v) is 19.3. The maximum absolute atomic E-state index is 13.1. The summed E-state index contributed by atoms with van der Waals surface area (Å²) >= 11 is 6.05. The fraction of sp³-hybridized carbons (Fsp3) is 0.417. The third-order valence-corrected chi connectivity index (χ3v) is 5.18. The Balaban J connectivity index is 2.20. The van der Waals surface area contributed by atoms with Crippen LogP contribution in [0, 0.1) is 13.8 Å². The van der Waals surface area contributed by atoms with Gasteiger partial charge >= 0.3 is 0 Å². The number of halogens is 1. The summed E-state index contributed by atoms with van der Waals surface area (Å²) in [5.41, 5.74) is 2.54. The summed E-state index contributed by atoms with van der Waals surface area (Å²) in [5, 5.41) is 3.59. The van der Waals surface area contributed by atoms with Gasteiger partial charge in [0.1, 0.15) is 11.8 Å². The highest BCUT2D eigenvalue weighted by Gasteiger charge is 2.29. The highest BCUT2D eigenvalue weighted by atomic mass is 35.5. The summed E-state index contributed by atoms with van der Waals surface area (Å²) in [6.07, 6.45) is 0. The van der Waals surface area contributed by atoms with E-state index in [1.807, 2.05) is 58.9 Å². The van der Waals surface area contributed by atoms with Crippen molar-refractivity contribution in [2.45, 2.75) is 59.7 Å². The van der Waals surface area contributed by atoms with Gasteiger partial charge in [-0.3, -0.25) is 9.59 Å². The van der Waals surface area contributed by atoms with Crippen LogP contribution in [0.3, 0.4) is 0 Å². The molecule has 0 aromatic heterocycles. The van der Waals surface area contributed by atoms with Crippen molar-refractivity contribution in [3.8, 4) is 5.75 Å². The van der Waals surface area contributed by atoms with Crippen LogP contribution >= 0.6 is 11.6 Å². The van der Waals surface area contributed by atoms with Crippen LogP contribution in [0.25, 0.3) is 0 Å². The monoisotopic (exact) mass is 430 g/mol. The van der Waals surface area contributed by atoms with Crippen molar-refractivity contribution < 1.29 is 14.3 Å². The Morgan fingerprint density at radius 2 is 1.77 bits per heavy atom. The molecule has 1 unspecified atom stereocenters. The van der Waals surface area contributed by atoms with Crippen LogP contribution in [0.4, 0.5) is 0 Å². The van der Waals surface area contributed by atoms with Crippen LogP contribution in [0.15, 0.2) is 42.5 Å². The van der Waals surface area contributed by atoms with Gasteiger partial charge in [-0.25, -0.2) is 0 Å². The predicted octanol–water partition coefficient (Wildman–Crippen LogP) is 4.67. The van der Waals surface area contributed by atoms with E-state index in [0.29, 0.717) is 17.3 Å². The summed E-state index contributed by atoms with van der Waals surface area (Å²) in [6, 6.07) is 12.4. The van der Waals surface area contributed by atoms with E-state index < -0.39 is 6.04 Å². The second-order valence-corrected chi connectivity index (χ2v) is 8.97. The van der Waals surface area contributed by atoms with Crippen molar-refractivity contribution in [1.82, 2.24) is 10.2 Å². The lowest BCUT2D eigenvalue weighted by Gasteiger charge is -2.31. The minimum atomic E-state index is -0.646. The summed E-state index contributed by atoms with van der Waals surface area (Å²) in [7, 11) is 0. The van der Waals surface area contributed by atoms with Gasteiger partial charge in [-0.1, -0.05) is 35.9 Å². The van der Waals surface area contributed by atoms with E-state index >= 15 is 0 Å². The van der Waals surface area contributed by atoms with Crippen molar-refractivity contribution in [3.63, 3.8) is 0 Å². The molecule has 0 fully saturated rings. The second-order valence-electron chi connectivity index (χ2n) is 8.56. The number of ether oxygens (including phenoxy) is 1. The third-order valence-electron chi connectivity index (χ3n) is 4.76. The largest absolute Gasteiger partial charge is 0.484 e. The number of carbonyl (C=O) groups is 2. The number of hydrogen-bond donors (Lipinski definition) is 1. The Kier molecular flexibility index (Phi) is 7.90. The van der Waals surface area contributed by atoms with E-state index in [0.717, 1.165) is 16.7 Å². The number of rotatable bonds is 7. The molecular weight excluding hydrogens is 400 g/mol. The van der Waals surface area contributed by atoms with Gasteiger partial charge in [-0.2, -0.15) is 0 Å². The molecule has 2 amide bonds. The number of carbonyl (C=O) groups excluding carboxylic acids is 2. The van der Waals surface area contributed by atoms with Gasteiger partial charge in [-0.05, 0) is 76.4 Å². The fourth-order valence-electron chi connectivity index (χ4n) is 2.96. The number of aryl methyl sites for hydroxylation is 2. The van der Waals surface area contributed by atoms with Crippen LogP contribution in [-0.4, -0.2) is 34.9 Å². The molecule has 5 nitrogen and oxygen atoms in total. The average Bonchev–Trinajstić information content (AvgIpc) is 2.66. The van der Waals surface area contributed by atoms with Gasteiger partial charge in [0.05, 0.1) is 0 Å². The molecular formula is C24H31ClN2O3. The van der Waals surface area contributed by atoms with Gasteiger partial charge in [0, 0.05) is 17.1 Å². The van der Waals surface area contributed by atoms with Crippen LogP contribution in [0.2, 0.25) is 5.02 Å². The molecule has 2 aromatic carbocycles. The molecule has 0 radical (unpaired) electrons. The Morgan fingerprint density at radius 1 is 1.10 bits per heavy atom. The quantitative estimate of drug-likeness (QED) is 0.694. The molecule has 0 aliphatic rings. The molecule has 2 rings (SSSR count). The Labute approximate surface area is 184 Å². The molecule has 1 atom stereocenters. The Hall–Kier alpha value is -2.53. The normalized spacial score (nSPS) is 12.2. The molecule has 0 spiro atoms. The third kappa shape index (κ3) is 6.77. The van der Waals surface area contributed by atoms with E-state index in [2.05, 4.69) is 5.32 Å².